The predicted octanol–water partition coefficient (Wildman–Crippen LogP) is 2.53. The maximum atomic E-state index is 12.4. The van der Waals surface area contributed by atoms with Gasteiger partial charge < -0.3 is 9.64 Å². The third kappa shape index (κ3) is 4.48. The number of rotatable bonds is 5. The van der Waals surface area contributed by atoms with Gasteiger partial charge in [0.2, 0.25) is 0 Å². The molecule has 134 valence electrons. The molecule has 2 heterocycles. The number of benzene rings is 1. The number of hydrogen-bond donors (Lipinski definition) is 0. The van der Waals surface area contributed by atoms with Gasteiger partial charge in [-0.2, -0.15) is 0 Å². The number of nitrogens with zero attached hydrogens (tertiary/aromatic N) is 4. The van der Waals surface area contributed by atoms with Crippen molar-refractivity contribution < 1.29 is 9.53 Å². The molecule has 1 fully saturated rings. The van der Waals surface area contributed by atoms with E-state index in [2.05, 4.69) is 14.5 Å². The second-order valence-electron chi connectivity index (χ2n) is 6.14. The molecule has 1 aromatic carbocycles. The van der Waals surface area contributed by atoms with E-state index in [1.165, 1.54) is 11.5 Å². The minimum Gasteiger partial charge on any atom is -0.483 e. The molecule has 1 saturated heterocycles. The Morgan fingerprint density at radius 2 is 2.04 bits per heavy atom. The van der Waals surface area contributed by atoms with E-state index in [1.807, 2.05) is 36.9 Å². The van der Waals surface area contributed by atoms with Gasteiger partial charge in [-0.05, 0) is 31.0 Å². The van der Waals surface area contributed by atoms with Crippen LogP contribution in [0.4, 0.5) is 0 Å². The van der Waals surface area contributed by atoms with Crippen molar-refractivity contribution in [2.24, 2.45) is 0 Å². The number of hydrogen-bond acceptors (Lipinski definition) is 6. The third-order valence-electron chi connectivity index (χ3n) is 4.51. The van der Waals surface area contributed by atoms with Gasteiger partial charge in [0.1, 0.15) is 15.8 Å². The van der Waals surface area contributed by atoms with Crippen molar-refractivity contribution in [1.82, 2.24) is 19.4 Å². The van der Waals surface area contributed by atoms with Crippen molar-refractivity contribution in [2.45, 2.75) is 20.4 Å². The molecule has 1 aliphatic rings. The van der Waals surface area contributed by atoms with E-state index < -0.39 is 0 Å². The lowest BCUT2D eigenvalue weighted by Crippen LogP contribution is -2.49. The van der Waals surface area contributed by atoms with Crippen molar-refractivity contribution in [1.29, 1.82) is 0 Å². The molecular formula is C17H21ClN4O2S. The summed E-state index contributed by atoms with van der Waals surface area (Å²) in [6.45, 7) is 7.75. The molecule has 0 radical (unpaired) electrons. The summed E-state index contributed by atoms with van der Waals surface area (Å²) < 4.78 is 10.2. The molecule has 2 aromatic rings. The lowest BCUT2D eigenvalue weighted by Gasteiger charge is -2.34. The van der Waals surface area contributed by atoms with E-state index in [-0.39, 0.29) is 12.5 Å². The molecule has 1 amide bonds. The molecule has 0 atom stereocenters. The Hall–Kier alpha value is -1.70. The molecular weight excluding hydrogens is 360 g/mol. The largest absolute Gasteiger partial charge is 0.483 e. The van der Waals surface area contributed by atoms with Gasteiger partial charge in [-0.15, -0.1) is 5.10 Å². The molecule has 1 aromatic heterocycles. The molecule has 0 saturated carbocycles. The quantitative estimate of drug-likeness (QED) is 0.797. The molecule has 25 heavy (non-hydrogen) atoms. The summed E-state index contributed by atoms with van der Waals surface area (Å²) in [7, 11) is 0. The van der Waals surface area contributed by atoms with E-state index in [0.717, 1.165) is 35.7 Å². The van der Waals surface area contributed by atoms with Crippen LogP contribution < -0.4 is 4.74 Å². The van der Waals surface area contributed by atoms with E-state index >= 15 is 0 Å². The number of aryl methyl sites for hydroxylation is 1. The maximum Gasteiger partial charge on any atom is 0.260 e. The number of amides is 1. The summed E-state index contributed by atoms with van der Waals surface area (Å²) in [4.78, 5) is 16.5. The Bertz CT molecular complexity index is 744. The van der Waals surface area contributed by atoms with Crippen LogP contribution in [0.15, 0.2) is 18.2 Å². The molecule has 3 rings (SSSR count). The first-order valence-electron chi connectivity index (χ1n) is 8.20. The Morgan fingerprint density at radius 1 is 1.28 bits per heavy atom. The zero-order valence-corrected chi connectivity index (χ0v) is 15.9. The molecule has 0 spiro atoms. The zero-order chi connectivity index (χ0) is 17.8. The van der Waals surface area contributed by atoms with Crippen LogP contribution >= 0.6 is 23.1 Å². The minimum absolute atomic E-state index is 0.0221. The van der Waals surface area contributed by atoms with Crippen molar-refractivity contribution in [3.8, 4) is 5.75 Å². The summed E-state index contributed by atoms with van der Waals surface area (Å²) in [6.07, 6.45) is 0. The van der Waals surface area contributed by atoms with Crippen molar-refractivity contribution in [3.05, 3.63) is 39.4 Å². The predicted molar refractivity (Wildman–Crippen MR) is 98.2 cm³/mol. The van der Waals surface area contributed by atoms with Gasteiger partial charge in [0.15, 0.2) is 6.61 Å². The van der Waals surface area contributed by atoms with Crippen molar-refractivity contribution in [2.75, 3.05) is 32.8 Å². The summed E-state index contributed by atoms with van der Waals surface area (Å²) >= 11 is 7.25. The van der Waals surface area contributed by atoms with Crippen LogP contribution in [-0.2, 0) is 11.3 Å². The van der Waals surface area contributed by atoms with Gasteiger partial charge in [0.05, 0.1) is 0 Å². The van der Waals surface area contributed by atoms with Gasteiger partial charge in [-0.25, -0.2) is 0 Å². The highest BCUT2D eigenvalue weighted by molar-refractivity contribution is 7.10. The SMILES string of the molecule is Cc1cccc(OCC(=O)N2CCN(Cc3nnsc3Cl)CC2)c1C. The van der Waals surface area contributed by atoms with E-state index in [0.29, 0.717) is 24.0 Å². The first kappa shape index (κ1) is 18.1. The van der Waals surface area contributed by atoms with Crippen molar-refractivity contribution >= 4 is 29.0 Å². The molecule has 0 N–H and O–H groups in total. The van der Waals surface area contributed by atoms with Crippen LogP contribution in [0.25, 0.3) is 0 Å². The summed E-state index contributed by atoms with van der Waals surface area (Å²) in [5, 5.41) is 4.04. The van der Waals surface area contributed by atoms with Crippen LogP contribution in [0.2, 0.25) is 4.34 Å². The van der Waals surface area contributed by atoms with Crippen molar-refractivity contribution in [3.63, 3.8) is 0 Å². The Balaban J connectivity index is 1.47. The first-order chi connectivity index (χ1) is 12.0. The van der Waals surface area contributed by atoms with Gasteiger partial charge in [0, 0.05) is 44.3 Å². The number of carbonyl (C=O) groups excluding carboxylic acids is 1. The topological polar surface area (TPSA) is 58.6 Å². The smallest absolute Gasteiger partial charge is 0.260 e. The highest BCUT2D eigenvalue weighted by Crippen LogP contribution is 2.21. The van der Waals surface area contributed by atoms with Crippen LogP contribution in [0.1, 0.15) is 16.8 Å². The van der Waals surface area contributed by atoms with Crippen LogP contribution in [-0.4, -0.2) is 58.1 Å². The van der Waals surface area contributed by atoms with Crippen LogP contribution in [0, 0.1) is 13.8 Å². The zero-order valence-electron chi connectivity index (χ0n) is 14.4. The Labute approximate surface area is 156 Å². The Kier molecular flexibility index (Phi) is 5.88. The van der Waals surface area contributed by atoms with E-state index in [1.54, 1.807) is 0 Å². The minimum atomic E-state index is 0.0221. The summed E-state index contributed by atoms with van der Waals surface area (Å²) in [5.74, 6) is 0.798. The normalized spacial score (nSPS) is 15.4. The number of piperazine rings is 1. The number of carbonyl (C=O) groups is 1. The first-order valence-corrected chi connectivity index (χ1v) is 9.35. The van der Waals surface area contributed by atoms with E-state index in [4.69, 9.17) is 16.3 Å². The molecule has 0 bridgehead atoms. The Morgan fingerprint density at radius 3 is 2.72 bits per heavy atom. The van der Waals surface area contributed by atoms with E-state index in [9.17, 15) is 4.79 Å². The average Bonchev–Trinajstić information content (AvgIpc) is 3.01. The summed E-state index contributed by atoms with van der Waals surface area (Å²) in [5.41, 5.74) is 3.05. The molecule has 0 aliphatic carbocycles. The fourth-order valence-corrected chi connectivity index (χ4v) is 3.38. The molecule has 0 unspecified atom stereocenters. The van der Waals surface area contributed by atoms with Crippen LogP contribution in [0.3, 0.4) is 0 Å². The maximum absolute atomic E-state index is 12.4. The number of halogens is 1. The molecule has 6 nitrogen and oxygen atoms in total. The third-order valence-corrected chi connectivity index (χ3v) is 5.50. The summed E-state index contributed by atoms with van der Waals surface area (Å²) in [6, 6.07) is 5.88. The average molecular weight is 381 g/mol. The second kappa shape index (κ2) is 8.12. The fourth-order valence-electron chi connectivity index (χ4n) is 2.77. The van der Waals surface area contributed by atoms with Gasteiger partial charge in [-0.3, -0.25) is 9.69 Å². The fraction of sp³-hybridized carbons (Fsp3) is 0.471. The molecule has 1 aliphatic heterocycles. The highest BCUT2D eigenvalue weighted by atomic mass is 35.5. The second-order valence-corrected chi connectivity index (χ2v) is 7.49. The molecule has 8 heteroatoms. The van der Waals surface area contributed by atoms with Gasteiger partial charge >= 0.3 is 0 Å². The van der Waals surface area contributed by atoms with Gasteiger partial charge in [-0.1, -0.05) is 28.2 Å². The standard InChI is InChI=1S/C17H21ClN4O2S/c1-12-4-3-5-15(13(12)2)24-11-16(23)22-8-6-21(7-9-22)10-14-17(18)25-20-19-14/h3-5H,6-11H2,1-2H3. The lowest BCUT2D eigenvalue weighted by atomic mass is 10.1. The van der Waals surface area contributed by atoms with Crippen LogP contribution in [0.5, 0.6) is 5.75 Å². The highest BCUT2D eigenvalue weighted by Gasteiger charge is 2.22. The number of ether oxygens (including phenoxy) is 1. The monoisotopic (exact) mass is 380 g/mol. The lowest BCUT2D eigenvalue weighted by molar-refractivity contribution is -0.135. The van der Waals surface area contributed by atoms with Gasteiger partial charge in [0.25, 0.3) is 5.91 Å². The number of aromatic nitrogens is 2.